The minimum atomic E-state index is -2.45. The summed E-state index contributed by atoms with van der Waals surface area (Å²) in [5.41, 5.74) is 8.18. The monoisotopic (exact) mass is 606 g/mol. The van der Waals surface area contributed by atoms with Gasteiger partial charge in [0, 0.05) is 17.6 Å². The molecular formula is C43H34N2Si. The van der Waals surface area contributed by atoms with Crippen molar-refractivity contribution in [2.75, 3.05) is 4.90 Å². The number of anilines is 3. The van der Waals surface area contributed by atoms with Gasteiger partial charge < -0.3 is 0 Å². The van der Waals surface area contributed by atoms with E-state index in [-0.39, 0.29) is 0 Å². The molecule has 220 valence electrons. The van der Waals surface area contributed by atoms with Gasteiger partial charge in [-0.25, -0.2) is 4.98 Å². The zero-order chi connectivity index (χ0) is 31.0. The van der Waals surface area contributed by atoms with Crippen LogP contribution in [0.25, 0.3) is 17.2 Å². The van der Waals surface area contributed by atoms with Crippen LogP contribution in [-0.2, 0) is 0 Å². The molecule has 1 heterocycles. The molecule has 6 aromatic carbocycles. The molecule has 0 radical (unpaired) electrons. The first-order valence-corrected chi connectivity index (χ1v) is 17.7. The van der Waals surface area contributed by atoms with Crippen LogP contribution in [-0.4, -0.2) is 13.1 Å². The number of nitrogens with zero attached hydrogens (tertiary/aromatic N) is 2. The fraction of sp³-hybridized carbons (Fsp3) is 0. The summed E-state index contributed by atoms with van der Waals surface area (Å²) in [5.74, 6) is 0.888. The van der Waals surface area contributed by atoms with E-state index < -0.39 is 8.07 Å². The van der Waals surface area contributed by atoms with Crippen LogP contribution in [0.3, 0.4) is 0 Å². The van der Waals surface area contributed by atoms with E-state index in [1.807, 2.05) is 30.5 Å². The number of hydrogen-bond acceptors (Lipinski definition) is 2. The van der Waals surface area contributed by atoms with Gasteiger partial charge in [0.25, 0.3) is 0 Å². The minimum absolute atomic E-state index is 0.888. The predicted molar refractivity (Wildman–Crippen MR) is 197 cm³/mol. The number of rotatable bonds is 9. The zero-order valence-corrected chi connectivity index (χ0v) is 26.5. The van der Waals surface area contributed by atoms with Crippen LogP contribution in [0.15, 0.2) is 200 Å². The lowest BCUT2D eigenvalue weighted by molar-refractivity contribution is 1.18. The fourth-order valence-electron chi connectivity index (χ4n) is 6.18. The fourth-order valence-corrected chi connectivity index (χ4v) is 10.4. The van der Waals surface area contributed by atoms with Gasteiger partial charge in [0.05, 0.1) is 0 Å². The molecule has 7 aromatic rings. The highest BCUT2D eigenvalue weighted by Crippen LogP contribution is 2.34. The Morgan fingerprint density at radius 3 is 1.33 bits per heavy atom. The largest absolute Gasteiger partial charge is 0.295 e. The molecule has 7 rings (SSSR count). The van der Waals surface area contributed by atoms with E-state index in [1.54, 1.807) is 0 Å². The molecular weight excluding hydrogens is 573 g/mol. The van der Waals surface area contributed by atoms with Crippen molar-refractivity contribution in [2.24, 2.45) is 0 Å². The quantitative estimate of drug-likeness (QED) is 0.120. The van der Waals surface area contributed by atoms with Crippen LogP contribution >= 0.6 is 0 Å². The highest BCUT2D eigenvalue weighted by Gasteiger charge is 2.36. The summed E-state index contributed by atoms with van der Waals surface area (Å²) in [5, 5.41) is 4.11. The summed E-state index contributed by atoms with van der Waals surface area (Å²) >= 11 is 0. The van der Waals surface area contributed by atoms with Gasteiger partial charge >= 0.3 is 0 Å². The number of aromatic nitrogens is 1. The van der Waals surface area contributed by atoms with E-state index in [0.717, 1.165) is 17.2 Å². The summed E-state index contributed by atoms with van der Waals surface area (Å²) in [4.78, 5) is 6.82. The average molecular weight is 607 g/mol. The Morgan fingerprint density at radius 1 is 0.413 bits per heavy atom. The maximum Gasteiger partial charge on any atom is 0.172 e. The van der Waals surface area contributed by atoms with Crippen LogP contribution in [0.4, 0.5) is 17.2 Å². The van der Waals surface area contributed by atoms with Crippen LogP contribution in [0.2, 0.25) is 0 Å². The van der Waals surface area contributed by atoms with E-state index in [0.29, 0.717) is 0 Å². The summed E-state index contributed by atoms with van der Waals surface area (Å²) in [7, 11) is -2.45. The second kappa shape index (κ2) is 13.5. The maximum absolute atomic E-state index is 4.64. The molecule has 0 bridgehead atoms. The molecule has 0 amide bonds. The normalized spacial score (nSPS) is 11.4. The Kier molecular flexibility index (Phi) is 8.48. The van der Waals surface area contributed by atoms with Crippen LogP contribution < -0.4 is 20.5 Å². The first kappa shape index (κ1) is 29.0. The molecule has 0 saturated heterocycles. The molecule has 0 spiro atoms. The summed E-state index contributed by atoms with van der Waals surface area (Å²) in [6, 6.07) is 67.0. The lowest BCUT2D eigenvalue weighted by atomic mass is 10.0. The van der Waals surface area contributed by atoms with Gasteiger partial charge in [0.1, 0.15) is 5.82 Å². The molecule has 0 aliphatic carbocycles. The average Bonchev–Trinajstić information content (AvgIpc) is 3.15. The molecule has 3 heteroatoms. The SMILES string of the molecule is C(=C\[Si](c1ccccc1)(c1ccccc1)c1ccccc1)/c1ccc(-c2ccc(N(c3ccccc3)c3ccccn3)cc2)cc1. The first-order chi connectivity index (χ1) is 22.8. The van der Waals surface area contributed by atoms with E-state index in [1.165, 1.54) is 32.3 Å². The van der Waals surface area contributed by atoms with E-state index >= 15 is 0 Å². The van der Waals surface area contributed by atoms with Gasteiger partial charge in [-0.05, 0) is 68.6 Å². The highest BCUT2D eigenvalue weighted by molar-refractivity contribution is 7.15. The summed E-state index contributed by atoms with van der Waals surface area (Å²) in [6.07, 6.45) is 4.15. The van der Waals surface area contributed by atoms with Crippen molar-refractivity contribution in [3.8, 4) is 11.1 Å². The standard InChI is InChI=1S/C43H34N2Si/c1-5-15-38(16-6-1)45(43-23-13-14-33-44-43)39-30-28-37(29-31-39)36-26-24-35(25-27-36)32-34-46(40-17-7-2-8-18-40,41-19-9-3-10-20-41)42-21-11-4-12-22-42/h1-34H/b34-32+. The number of para-hydroxylation sites is 1. The molecule has 1 aromatic heterocycles. The number of pyridine rings is 1. The molecule has 0 N–H and O–H groups in total. The lowest BCUT2D eigenvalue weighted by Gasteiger charge is -2.30. The van der Waals surface area contributed by atoms with Crippen molar-refractivity contribution >= 4 is 46.9 Å². The van der Waals surface area contributed by atoms with Gasteiger partial charge in [0.15, 0.2) is 8.07 Å². The van der Waals surface area contributed by atoms with Crippen LogP contribution in [0.5, 0.6) is 0 Å². The molecule has 0 fully saturated rings. The summed E-state index contributed by atoms with van der Waals surface area (Å²) < 4.78 is 0. The van der Waals surface area contributed by atoms with Crippen molar-refractivity contribution in [3.05, 3.63) is 206 Å². The minimum Gasteiger partial charge on any atom is -0.295 e. The smallest absolute Gasteiger partial charge is 0.172 e. The summed E-state index contributed by atoms with van der Waals surface area (Å²) in [6.45, 7) is 0. The Bertz CT molecular complexity index is 1860. The number of benzene rings is 6. The maximum atomic E-state index is 4.64. The Labute approximate surface area is 272 Å². The first-order valence-electron chi connectivity index (χ1n) is 15.6. The molecule has 46 heavy (non-hydrogen) atoms. The van der Waals surface area contributed by atoms with Crippen LogP contribution in [0, 0.1) is 0 Å². The van der Waals surface area contributed by atoms with Gasteiger partial charge in [-0.15, -0.1) is 0 Å². The van der Waals surface area contributed by atoms with Crippen molar-refractivity contribution < 1.29 is 0 Å². The van der Waals surface area contributed by atoms with Gasteiger partial charge in [0.2, 0.25) is 0 Å². The van der Waals surface area contributed by atoms with Gasteiger partial charge in [-0.1, -0.05) is 163 Å². The second-order valence-electron chi connectivity index (χ2n) is 11.3. The predicted octanol–water partition coefficient (Wildman–Crippen LogP) is 8.94. The highest BCUT2D eigenvalue weighted by atomic mass is 28.3. The Hall–Kier alpha value is -5.77. The molecule has 0 atom stereocenters. The van der Waals surface area contributed by atoms with Gasteiger partial charge in [-0.2, -0.15) is 0 Å². The third kappa shape index (κ3) is 5.97. The topological polar surface area (TPSA) is 16.1 Å². The van der Waals surface area contributed by atoms with E-state index in [9.17, 15) is 0 Å². The Balaban J connectivity index is 1.21. The Morgan fingerprint density at radius 2 is 0.848 bits per heavy atom. The second-order valence-corrected chi connectivity index (χ2v) is 14.9. The van der Waals surface area contributed by atoms with Crippen LogP contribution in [0.1, 0.15) is 5.56 Å². The van der Waals surface area contributed by atoms with Crippen molar-refractivity contribution in [1.29, 1.82) is 0 Å². The third-order valence-corrected chi connectivity index (χ3v) is 12.9. The number of hydrogen-bond donors (Lipinski definition) is 0. The van der Waals surface area contributed by atoms with Crippen molar-refractivity contribution in [3.63, 3.8) is 0 Å². The van der Waals surface area contributed by atoms with Gasteiger partial charge in [-0.3, -0.25) is 4.90 Å². The van der Waals surface area contributed by atoms with E-state index in [4.69, 9.17) is 0 Å². The molecule has 0 saturated carbocycles. The molecule has 0 aliphatic rings. The third-order valence-electron chi connectivity index (χ3n) is 8.48. The molecule has 0 aliphatic heterocycles. The molecule has 0 unspecified atom stereocenters. The van der Waals surface area contributed by atoms with E-state index in [2.05, 4.69) is 185 Å². The molecule has 2 nitrogen and oxygen atoms in total. The van der Waals surface area contributed by atoms with Crippen molar-refractivity contribution in [1.82, 2.24) is 4.98 Å². The van der Waals surface area contributed by atoms with Crippen molar-refractivity contribution in [2.45, 2.75) is 0 Å². The zero-order valence-electron chi connectivity index (χ0n) is 25.5. The lowest BCUT2D eigenvalue weighted by Crippen LogP contribution is -2.66.